The zero-order valence-electron chi connectivity index (χ0n) is 12.9. The normalized spacial score (nSPS) is 10.3. The summed E-state index contributed by atoms with van der Waals surface area (Å²) in [5.74, 6) is -0.416. The Labute approximate surface area is 147 Å². The summed E-state index contributed by atoms with van der Waals surface area (Å²) in [7, 11) is 1.23. The zero-order valence-corrected chi connectivity index (χ0v) is 13.7. The number of nitriles is 1. The fourth-order valence-corrected chi connectivity index (χ4v) is 2.09. The molecule has 0 aliphatic heterocycles. The van der Waals surface area contributed by atoms with E-state index in [2.05, 4.69) is 4.74 Å². The first-order valence-electron chi connectivity index (χ1n) is 6.86. The summed E-state index contributed by atoms with van der Waals surface area (Å²) < 4.78 is 9.97. The summed E-state index contributed by atoms with van der Waals surface area (Å²) in [6.45, 7) is 0. The third-order valence-electron chi connectivity index (χ3n) is 3.07. The van der Waals surface area contributed by atoms with E-state index in [4.69, 9.17) is 21.6 Å². The minimum atomic E-state index is -0.609. The van der Waals surface area contributed by atoms with Gasteiger partial charge < -0.3 is 9.47 Å². The van der Waals surface area contributed by atoms with Crippen LogP contribution < -0.4 is 4.74 Å². The van der Waals surface area contributed by atoms with E-state index in [-0.39, 0.29) is 22.2 Å². The number of ether oxygens (including phenoxy) is 2. The maximum atomic E-state index is 11.3. The molecule has 7 nitrogen and oxygen atoms in total. The maximum Gasteiger partial charge on any atom is 0.330 e. The van der Waals surface area contributed by atoms with E-state index < -0.39 is 10.9 Å². The Morgan fingerprint density at radius 3 is 2.60 bits per heavy atom. The molecule has 0 amide bonds. The van der Waals surface area contributed by atoms with Crippen molar-refractivity contribution >= 4 is 29.3 Å². The molecule has 8 heteroatoms. The minimum Gasteiger partial charge on any atom is -0.466 e. The SMILES string of the molecule is COC(=O)/C=C/c1ccc(Oc2ccc(C#N)cc2Cl)c([N+](=O)[O-])c1. The van der Waals surface area contributed by atoms with Crippen molar-refractivity contribution < 1.29 is 19.2 Å². The largest absolute Gasteiger partial charge is 0.466 e. The molecule has 0 fully saturated rings. The molecular formula is C17H11ClN2O5. The third kappa shape index (κ3) is 4.56. The topological polar surface area (TPSA) is 102 Å². The van der Waals surface area contributed by atoms with Crippen molar-refractivity contribution in [2.75, 3.05) is 7.11 Å². The van der Waals surface area contributed by atoms with E-state index in [0.29, 0.717) is 11.1 Å². The second-order valence-corrected chi connectivity index (χ2v) is 5.11. The molecule has 0 aliphatic rings. The number of hydrogen-bond donors (Lipinski definition) is 0. The maximum absolute atomic E-state index is 11.3. The van der Waals surface area contributed by atoms with Crippen LogP contribution in [0.25, 0.3) is 6.08 Å². The van der Waals surface area contributed by atoms with Crippen molar-refractivity contribution in [1.29, 1.82) is 5.26 Å². The number of methoxy groups -OCH3 is 1. The van der Waals surface area contributed by atoms with E-state index in [9.17, 15) is 14.9 Å². The number of benzene rings is 2. The third-order valence-corrected chi connectivity index (χ3v) is 3.37. The van der Waals surface area contributed by atoms with Gasteiger partial charge in [-0.15, -0.1) is 0 Å². The first-order chi connectivity index (χ1) is 11.9. The van der Waals surface area contributed by atoms with Gasteiger partial charge in [0.15, 0.2) is 0 Å². The summed E-state index contributed by atoms with van der Waals surface area (Å²) in [6.07, 6.45) is 2.54. The van der Waals surface area contributed by atoms with Crippen molar-refractivity contribution in [3.63, 3.8) is 0 Å². The van der Waals surface area contributed by atoms with Gasteiger partial charge in [0, 0.05) is 12.1 Å². The molecule has 0 N–H and O–H groups in total. The van der Waals surface area contributed by atoms with Crippen molar-refractivity contribution in [3.8, 4) is 17.6 Å². The summed E-state index contributed by atoms with van der Waals surface area (Å²) in [5, 5.41) is 20.3. The Balaban J connectivity index is 2.35. The summed E-state index contributed by atoms with van der Waals surface area (Å²) >= 11 is 6.01. The number of nitro groups is 1. The lowest BCUT2D eigenvalue weighted by atomic mass is 10.1. The van der Waals surface area contributed by atoms with Crippen LogP contribution in [0.4, 0.5) is 5.69 Å². The van der Waals surface area contributed by atoms with Crippen molar-refractivity contribution in [2.45, 2.75) is 0 Å². The van der Waals surface area contributed by atoms with Crippen LogP contribution in [0.2, 0.25) is 5.02 Å². The second kappa shape index (κ2) is 7.95. The average Bonchev–Trinajstić information content (AvgIpc) is 2.61. The van der Waals surface area contributed by atoms with Crippen molar-refractivity contribution in [3.05, 3.63) is 68.7 Å². The molecule has 0 bridgehead atoms. The number of carbonyl (C=O) groups excluding carboxylic acids is 1. The molecule has 2 aromatic carbocycles. The van der Waals surface area contributed by atoms with Crippen molar-refractivity contribution in [1.82, 2.24) is 0 Å². The fraction of sp³-hybridized carbons (Fsp3) is 0.0588. The number of carbonyl (C=O) groups is 1. The quantitative estimate of drug-likeness (QED) is 0.345. The van der Waals surface area contributed by atoms with Gasteiger partial charge in [0.1, 0.15) is 5.75 Å². The Hall–Kier alpha value is -3.37. The lowest BCUT2D eigenvalue weighted by Gasteiger charge is -2.08. The number of nitro benzene ring substituents is 1. The standard InChI is InChI=1S/C17H11ClN2O5/c1-24-17(21)7-4-11-2-6-16(14(9-11)20(22)23)25-15-5-3-12(10-19)8-13(15)18/h2-9H,1H3/b7-4+. The first kappa shape index (κ1) is 18.0. The molecule has 0 saturated carbocycles. The van der Waals surface area contributed by atoms with Gasteiger partial charge in [-0.2, -0.15) is 5.26 Å². The number of halogens is 1. The molecule has 0 atom stereocenters. The van der Waals surface area contributed by atoms with E-state index in [1.807, 2.05) is 6.07 Å². The van der Waals surface area contributed by atoms with E-state index in [0.717, 1.165) is 6.08 Å². The summed E-state index contributed by atoms with van der Waals surface area (Å²) in [4.78, 5) is 21.8. The highest BCUT2D eigenvalue weighted by molar-refractivity contribution is 6.32. The van der Waals surface area contributed by atoms with Gasteiger partial charge in [-0.25, -0.2) is 4.79 Å². The van der Waals surface area contributed by atoms with Gasteiger partial charge in [-0.3, -0.25) is 10.1 Å². The lowest BCUT2D eigenvalue weighted by molar-refractivity contribution is -0.385. The van der Waals surface area contributed by atoms with E-state index in [1.54, 1.807) is 6.07 Å². The van der Waals surface area contributed by atoms with Gasteiger partial charge >= 0.3 is 11.7 Å². The second-order valence-electron chi connectivity index (χ2n) is 4.70. The van der Waals surface area contributed by atoms with Crippen LogP contribution in [-0.4, -0.2) is 18.0 Å². The minimum absolute atomic E-state index is 0.0215. The van der Waals surface area contributed by atoms with Crippen LogP contribution >= 0.6 is 11.6 Å². The highest BCUT2D eigenvalue weighted by atomic mass is 35.5. The summed E-state index contributed by atoms with van der Waals surface area (Å²) in [5.41, 5.74) is 0.470. The van der Waals surface area contributed by atoms with Gasteiger partial charge in [0.05, 0.1) is 28.7 Å². The molecular weight excluding hydrogens is 348 g/mol. The van der Waals surface area contributed by atoms with Gasteiger partial charge in [-0.05, 0) is 35.9 Å². The van der Waals surface area contributed by atoms with Crippen LogP contribution in [0.1, 0.15) is 11.1 Å². The van der Waals surface area contributed by atoms with Crippen LogP contribution in [0.15, 0.2) is 42.5 Å². The first-order valence-corrected chi connectivity index (χ1v) is 7.24. The molecule has 0 aromatic heterocycles. The van der Waals surface area contributed by atoms with Crippen molar-refractivity contribution in [2.24, 2.45) is 0 Å². The number of esters is 1. The Morgan fingerprint density at radius 2 is 2.00 bits per heavy atom. The fourth-order valence-electron chi connectivity index (χ4n) is 1.87. The predicted octanol–water partition coefficient (Wildman–Crippen LogP) is 4.10. The smallest absolute Gasteiger partial charge is 0.330 e. The van der Waals surface area contributed by atoms with Gasteiger partial charge in [0.2, 0.25) is 5.75 Å². The lowest BCUT2D eigenvalue weighted by Crippen LogP contribution is -1.96. The molecule has 0 spiro atoms. The number of rotatable bonds is 5. The highest BCUT2D eigenvalue weighted by Crippen LogP contribution is 2.36. The van der Waals surface area contributed by atoms with Crippen LogP contribution in [0, 0.1) is 21.4 Å². The Morgan fingerprint density at radius 1 is 1.28 bits per heavy atom. The Bertz CT molecular complexity index is 902. The van der Waals surface area contributed by atoms with Crippen LogP contribution in [-0.2, 0) is 9.53 Å². The summed E-state index contributed by atoms with van der Waals surface area (Å²) in [6, 6.07) is 10.5. The molecule has 0 unspecified atom stereocenters. The predicted molar refractivity (Wildman–Crippen MR) is 90.4 cm³/mol. The van der Waals surface area contributed by atoms with E-state index >= 15 is 0 Å². The zero-order chi connectivity index (χ0) is 18.4. The van der Waals surface area contributed by atoms with Crippen LogP contribution in [0.5, 0.6) is 11.5 Å². The average molecular weight is 359 g/mol. The molecule has 0 radical (unpaired) electrons. The van der Waals surface area contributed by atoms with Crippen LogP contribution in [0.3, 0.4) is 0 Å². The number of hydrogen-bond acceptors (Lipinski definition) is 6. The molecule has 126 valence electrons. The van der Waals surface area contributed by atoms with Gasteiger partial charge in [-0.1, -0.05) is 17.7 Å². The highest BCUT2D eigenvalue weighted by Gasteiger charge is 2.17. The molecule has 0 aliphatic carbocycles. The monoisotopic (exact) mass is 358 g/mol. The molecule has 25 heavy (non-hydrogen) atoms. The van der Waals surface area contributed by atoms with E-state index in [1.165, 1.54) is 43.5 Å². The molecule has 2 aromatic rings. The Kier molecular flexibility index (Phi) is 5.71. The van der Waals surface area contributed by atoms with Gasteiger partial charge in [0.25, 0.3) is 0 Å². The molecule has 2 rings (SSSR count). The molecule has 0 saturated heterocycles. The molecule has 0 heterocycles. The number of nitrogens with zero attached hydrogens (tertiary/aromatic N) is 2.